The number of nitrogens with one attached hydrogen (secondary N) is 1. The summed E-state index contributed by atoms with van der Waals surface area (Å²) in [5, 5.41) is 2.75. The van der Waals surface area contributed by atoms with Crippen LogP contribution < -0.4 is 5.32 Å². The molecular weight excluding hydrogens is 255 g/mol. The summed E-state index contributed by atoms with van der Waals surface area (Å²) in [6.07, 6.45) is -3.40. The molecule has 2 nitrogen and oxygen atoms in total. The van der Waals surface area contributed by atoms with Crippen molar-refractivity contribution in [3.8, 4) is 0 Å². The molecule has 1 aliphatic carbocycles. The number of hydrogen-bond donors (Lipinski definition) is 1. The minimum atomic E-state index is -4.12. The maximum absolute atomic E-state index is 12.5. The summed E-state index contributed by atoms with van der Waals surface area (Å²) in [7, 11) is 0. The summed E-state index contributed by atoms with van der Waals surface area (Å²) < 4.78 is 37.5. The molecule has 0 unspecified atom stereocenters. The lowest BCUT2D eigenvalue weighted by Crippen LogP contribution is -2.32. The standard InChI is InChI=1S/C14H16F3NO/c15-14(16,17)11-8-6-10(7-9-11)13(19)18-12-4-2-1-3-5-12/h1-5,10-11H,6-9H2,(H,18,19). The third-order valence-electron chi connectivity index (χ3n) is 3.60. The zero-order chi connectivity index (χ0) is 13.9. The summed E-state index contributed by atoms with van der Waals surface area (Å²) >= 11 is 0. The molecule has 104 valence electrons. The molecule has 1 fully saturated rings. The van der Waals surface area contributed by atoms with Crippen molar-refractivity contribution in [2.24, 2.45) is 11.8 Å². The van der Waals surface area contributed by atoms with Crippen molar-refractivity contribution in [2.45, 2.75) is 31.9 Å². The molecule has 1 aromatic rings. The first-order valence-electron chi connectivity index (χ1n) is 6.39. The molecule has 5 heteroatoms. The van der Waals surface area contributed by atoms with E-state index in [-0.39, 0.29) is 24.7 Å². The van der Waals surface area contributed by atoms with Gasteiger partial charge in [0.05, 0.1) is 5.92 Å². The van der Waals surface area contributed by atoms with Gasteiger partial charge in [0.2, 0.25) is 5.91 Å². The first-order valence-corrected chi connectivity index (χ1v) is 6.39. The Labute approximate surface area is 110 Å². The number of benzene rings is 1. The van der Waals surface area contributed by atoms with Crippen molar-refractivity contribution in [1.82, 2.24) is 0 Å². The number of carbonyl (C=O) groups is 1. The van der Waals surface area contributed by atoms with Crippen molar-refractivity contribution >= 4 is 11.6 Å². The van der Waals surface area contributed by atoms with E-state index in [1.165, 1.54) is 0 Å². The molecule has 0 spiro atoms. The molecule has 1 amide bonds. The Morgan fingerprint density at radius 2 is 1.63 bits per heavy atom. The van der Waals surface area contributed by atoms with Crippen molar-refractivity contribution in [1.29, 1.82) is 0 Å². The Kier molecular flexibility index (Phi) is 4.12. The van der Waals surface area contributed by atoms with E-state index in [0.29, 0.717) is 18.5 Å². The molecule has 2 rings (SSSR count). The van der Waals surface area contributed by atoms with Gasteiger partial charge in [0.15, 0.2) is 0 Å². The third-order valence-corrected chi connectivity index (χ3v) is 3.60. The topological polar surface area (TPSA) is 29.1 Å². The van der Waals surface area contributed by atoms with Gasteiger partial charge in [0.1, 0.15) is 0 Å². The van der Waals surface area contributed by atoms with E-state index < -0.39 is 12.1 Å². The number of anilines is 1. The summed E-state index contributed by atoms with van der Waals surface area (Å²) in [6.45, 7) is 0. The number of alkyl halides is 3. The SMILES string of the molecule is O=C(Nc1ccccc1)C1CCC(C(F)(F)F)CC1. The lowest BCUT2D eigenvalue weighted by atomic mass is 9.81. The lowest BCUT2D eigenvalue weighted by molar-refractivity contribution is -0.184. The number of carbonyl (C=O) groups excluding carboxylic acids is 1. The smallest absolute Gasteiger partial charge is 0.326 e. The quantitative estimate of drug-likeness (QED) is 0.865. The van der Waals surface area contributed by atoms with Crippen LogP contribution in [-0.2, 0) is 4.79 Å². The van der Waals surface area contributed by atoms with Gasteiger partial charge in [0.25, 0.3) is 0 Å². The summed E-state index contributed by atoms with van der Waals surface area (Å²) in [5.74, 6) is -1.72. The van der Waals surface area contributed by atoms with Gasteiger partial charge in [-0.1, -0.05) is 18.2 Å². The molecule has 1 aromatic carbocycles. The maximum atomic E-state index is 12.5. The minimum Gasteiger partial charge on any atom is -0.326 e. The van der Waals surface area contributed by atoms with Crippen LogP contribution in [0.4, 0.5) is 18.9 Å². The Bertz CT molecular complexity index is 422. The van der Waals surface area contributed by atoms with Gasteiger partial charge in [-0.3, -0.25) is 4.79 Å². The molecule has 0 saturated heterocycles. The van der Waals surface area contributed by atoms with E-state index in [1.807, 2.05) is 6.07 Å². The van der Waals surface area contributed by atoms with Gasteiger partial charge in [0, 0.05) is 11.6 Å². The molecule has 19 heavy (non-hydrogen) atoms. The fourth-order valence-corrected chi connectivity index (χ4v) is 2.45. The van der Waals surface area contributed by atoms with Gasteiger partial charge < -0.3 is 5.32 Å². The molecule has 0 bridgehead atoms. The normalized spacial score (nSPS) is 23.9. The average molecular weight is 271 g/mol. The van der Waals surface area contributed by atoms with E-state index in [9.17, 15) is 18.0 Å². The number of rotatable bonds is 2. The van der Waals surface area contributed by atoms with Crippen molar-refractivity contribution < 1.29 is 18.0 Å². The van der Waals surface area contributed by atoms with E-state index in [1.54, 1.807) is 24.3 Å². The van der Waals surface area contributed by atoms with Crippen LogP contribution >= 0.6 is 0 Å². The fourth-order valence-electron chi connectivity index (χ4n) is 2.45. The van der Waals surface area contributed by atoms with Crippen LogP contribution in [0.1, 0.15) is 25.7 Å². The fraction of sp³-hybridized carbons (Fsp3) is 0.500. The van der Waals surface area contributed by atoms with Crippen LogP contribution in [0.5, 0.6) is 0 Å². The Balaban J connectivity index is 1.86. The Hall–Kier alpha value is -1.52. The van der Waals surface area contributed by atoms with Gasteiger partial charge >= 0.3 is 6.18 Å². The number of halogens is 3. The second-order valence-corrected chi connectivity index (χ2v) is 4.95. The van der Waals surface area contributed by atoms with Crippen LogP contribution in [0.25, 0.3) is 0 Å². The summed E-state index contributed by atoms with van der Waals surface area (Å²) in [6, 6.07) is 8.97. The van der Waals surface area contributed by atoms with Crippen molar-refractivity contribution in [2.75, 3.05) is 5.32 Å². The van der Waals surface area contributed by atoms with E-state index in [0.717, 1.165) is 0 Å². The van der Waals surface area contributed by atoms with Crippen molar-refractivity contribution in [3.05, 3.63) is 30.3 Å². The monoisotopic (exact) mass is 271 g/mol. The zero-order valence-corrected chi connectivity index (χ0v) is 10.4. The predicted molar refractivity (Wildman–Crippen MR) is 66.6 cm³/mol. The van der Waals surface area contributed by atoms with Crippen molar-refractivity contribution in [3.63, 3.8) is 0 Å². The molecule has 0 aromatic heterocycles. The van der Waals surface area contributed by atoms with Gasteiger partial charge in [-0.15, -0.1) is 0 Å². The first kappa shape index (κ1) is 13.9. The van der Waals surface area contributed by atoms with E-state index >= 15 is 0 Å². The van der Waals surface area contributed by atoms with Crippen LogP contribution in [0.2, 0.25) is 0 Å². The highest BCUT2D eigenvalue weighted by atomic mass is 19.4. The second kappa shape index (κ2) is 5.63. The molecule has 1 saturated carbocycles. The van der Waals surface area contributed by atoms with Crippen LogP contribution in [0.3, 0.4) is 0 Å². The van der Waals surface area contributed by atoms with Crippen LogP contribution in [0, 0.1) is 11.8 Å². The van der Waals surface area contributed by atoms with E-state index in [4.69, 9.17) is 0 Å². The zero-order valence-electron chi connectivity index (χ0n) is 10.4. The molecule has 0 radical (unpaired) electrons. The molecule has 0 aliphatic heterocycles. The maximum Gasteiger partial charge on any atom is 0.391 e. The van der Waals surface area contributed by atoms with Gasteiger partial charge in [-0.05, 0) is 37.8 Å². The number of para-hydroxylation sites is 1. The van der Waals surface area contributed by atoms with E-state index in [2.05, 4.69) is 5.32 Å². The minimum absolute atomic E-state index is 0.0520. The molecule has 1 N–H and O–H groups in total. The first-order chi connectivity index (χ1) is 8.97. The Morgan fingerprint density at radius 1 is 1.05 bits per heavy atom. The van der Waals surface area contributed by atoms with Gasteiger partial charge in [-0.25, -0.2) is 0 Å². The predicted octanol–water partition coefficient (Wildman–Crippen LogP) is 3.99. The highest BCUT2D eigenvalue weighted by molar-refractivity contribution is 5.92. The largest absolute Gasteiger partial charge is 0.391 e. The molecule has 0 heterocycles. The highest BCUT2D eigenvalue weighted by Gasteiger charge is 2.42. The number of amides is 1. The van der Waals surface area contributed by atoms with Crippen LogP contribution in [0.15, 0.2) is 30.3 Å². The van der Waals surface area contributed by atoms with Crippen LogP contribution in [-0.4, -0.2) is 12.1 Å². The highest BCUT2D eigenvalue weighted by Crippen LogP contribution is 2.39. The molecule has 1 aliphatic rings. The Morgan fingerprint density at radius 3 is 2.16 bits per heavy atom. The molecular formula is C14H16F3NO. The summed E-state index contributed by atoms with van der Waals surface area (Å²) in [4.78, 5) is 11.9. The second-order valence-electron chi connectivity index (χ2n) is 4.95. The number of hydrogen-bond acceptors (Lipinski definition) is 1. The third kappa shape index (κ3) is 3.72. The molecule has 0 atom stereocenters. The lowest BCUT2D eigenvalue weighted by Gasteiger charge is -2.29. The van der Waals surface area contributed by atoms with Gasteiger partial charge in [-0.2, -0.15) is 13.2 Å². The average Bonchev–Trinajstić information content (AvgIpc) is 2.39. The summed E-state index contributed by atoms with van der Waals surface area (Å²) in [5.41, 5.74) is 0.686.